The zero-order valence-corrected chi connectivity index (χ0v) is 10.5. The lowest BCUT2D eigenvalue weighted by molar-refractivity contribution is 0.159. The maximum absolute atomic E-state index is 8.74. The molecule has 0 saturated carbocycles. The van der Waals surface area contributed by atoms with Gasteiger partial charge in [-0.25, -0.2) is 5.48 Å². The molecule has 15 heavy (non-hydrogen) atoms. The molecule has 84 valence electrons. The van der Waals surface area contributed by atoms with Crippen LogP contribution in [0, 0.1) is 6.92 Å². The number of benzene rings is 1. The smallest absolute Gasteiger partial charge is 0.175 e. The summed E-state index contributed by atoms with van der Waals surface area (Å²) in [5, 5.41) is 8.74. The van der Waals surface area contributed by atoms with Crippen LogP contribution in [0.25, 0.3) is 0 Å². The fourth-order valence-electron chi connectivity index (χ4n) is 1.47. The number of methoxy groups -OCH3 is 2. The molecule has 0 bridgehead atoms. The highest BCUT2D eigenvalue weighted by atomic mass is 79.9. The molecule has 0 aliphatic carbocycles. The third-order valence-corrected chi connectivity index (χ3v) is 2.77. The fraction of sp³-hybridized carbons (Fsp3) is 0.400. The number of ether oxygens (including phenoxy) is 2. The Morgan fingerprint density at radius 1 is 1.33 bits per heavy atom. The predicted octanol–water partition coefficient (Wildman–Crippen LogP) is 2.25. The second-order valence-corrected chi connectivity index (χ2v) is 3.91. The van der Waals surface area contributed by atoms with E-state index in [0.29, 0.717) is 18.0 Å². The molecule has 1 aromatic carbocycles. The number of halogens is 1. The highest BCUT2D eigenvalue weighted by Crippen LogP contribution is 2.39. The van der Waals surface area contributed by atoms with Crippen LogP contribution in [-0.4, -0.2) is 19.4 Å². The Morgan fingerprint density at radius 2 is 1.93 bits per heavy atom. The first-order chi connectivity index (χ1) is 7.15. The Balaban J connectivity index is 3.35. The monoisotopic (exact) mass is 275 g/mol. The molecule has 2 N–H and O–H groups in total. The molecule has 0 heterocycles. The average molecular weight is 276 g/mol. The molecule has 0 atom stereocenters. The van der Waals surface area contributed by atoms with Gasteiger partial charge in [0.05, 0.1) is 18.7 Å². The first-order valence-corrected chi connectivity index (χ1v) is 5.21. The SMILES string of the molecule is COc1c(Br)cc(C)c(CNO)c1OC. The van der Waals surface area contributed by atoms with Crippen LogP contribution in [0.4, 0.5) is 0 Å². The molecule has 4 nitrogen and oxygen atoms in total. The highest BCUT2D eigenvalue weighted by Gasteiger charge is 2.16. The van der Waals surface area contributed by atoms with E-state index in [9.17, 15) is 0 Å². The minimum Gasteiger partial charge on any atom is -0.492 e. The van der Waals surface area contributed by atoms with E-state index in [0.717, 1.165) is 15.6 Å². The molecule has 1 aromatic rings. The number of hydrogen-bond acceptors (Lipinski definition) is 4. The minimum atomic E-state index is 0.318. The van der Waals surface area contributed by atoms with Crippen molar-refractivity contribution in [3.63, 3.8) is 0 Å². The lowest BCUT2D eigenvalue weighted by atomic mass is 10.1. The number of rotatable bonds is 4. The van der Waals surface area contributed by atoms with E-state index in [2.05, 4.69) is 21.4 Å². The van der Waals surface area contributed by atoms with Crippen LogP contribution in [0.3, 0.4) is 0 Å². The molecular weight excluding hydrogens is 262 g/mol. The van der Waals surface area contributed by atoms with Crippen molar-refractivity contribution < 1.29 is 14.7 Å². The van der Waals surface area contributed by atoms with Gasteiger partial charge in [0.2, 0.25) is 0 Å². The maximum atomic E-state index is 8.74. The Kier molecular flexibility index (Phi) is 4.38. The predicted molar refractivity (Wildman–Crippen MR) is 60.6 cm³/mol. The van der Waals surface area contributed by atoms with Gasteiger partial charge >= 0.3 is 0 Å². The summed E-state index contributed by atoms with van der Waals surface area (Å²) in [5.41, 5.74) is 4.01. The number of nitrogens with one attached hydrogen (secondary N) is 1. The summed E-state index contributed by atoms with van der Waals surface area (Å²) >= 11 is 3.40. The quantitative estimate of drug-likeness (QED) is 0.828. The number of aryl methyl sites for hydroxylation is 1. The maximum Gasteiger partial charge on any atom is 0.175 e. The highest BCUT2D eigenvalue weighted by molar-refractivity contribution is 9.10. The minimum absolute atomic E-state index is 0.318. The van der Waals surface area contributed by atoms with E-state index in [1.54, 1.807) is 14.2 Å². The fourth-order valence-corrected chi connectivity index (χ4v) is 2.16. The van der Waals surface area contributed by atoms with Gasteiger partial charge in [0.1, 0.15) is 0 Å². The van der Waals surface area contributed by atoms with E-state index in [4.69, 9.17) is 14.7 Å². The van der Waals surface area contributed by atoms with Crippen LogP contribution in [0.5, 0.6) is 11.5 Å². The Morgan fingerprint density at radius 3 is 2.40 bits per heavy atom. The van der Waals surface area contributed by atoms with Gasteiger partial charge in [-0.1, -0.05) is 0 Å². The Labute approximate surface area is 97.3 Å². The molecule has 0 aliphatic rings. The lowest BCUT2D eigenvalue weighted by Gasteiger charge is -2.16. The summed E-state index contributed by atoms with van der Waals surface area (Å²) in [6, 6.07) is 1.92. The summed E-state index contributed by atoms with van der Waals surface area (Å²) in [6.45, 7) is 2.26. The molecule has 0 radical (unpaired) electrons. The third kappa shape index (κ3) is 2.42. The van der Waals surface area contributed by atoms with Crippen molar-refractivity contribution in [3.8, 4) is 11.5 Å². The first-order valence-electron chi connectivity index (χ1n) is 4.42. The average Bonchev–Trinajstić information content (AvgIpc) is 2.21. The topological polar surface area (TPSA) is 50.7 Å². The summed E-state index contributed by atoms with van der Waals surface area (Å²) < 4.78 is 11.3. The van der Waals surface area contributed by atoms with Crippen molar-refractivity contribution in [2.45, 2.75) is 13.5 Å². The van der Waals surface area contributed by atoms with Crippen LogP contribution in [-0.2, 0) is 6.54 Å². The molecule has 0 fully saturated rings. The molecule has 0 saturated heterocycles. The van der Waals surface area contributed by atoms with E-state index < -0.39 is 0 Å². The van der Waals surface area contributed by atoms with Gasteiger partial charge in [-0.15, -0.1) is 0 Å². The summed E-state index contributed by atoms with van der Waals surface area (Å²) in [5.74, 6) is 1.26. The van der Waals surface area contributed by atoms with Crippen LogP contribution in [0.15, 0.2) is 10.5 Å². The molecule has 1 rings (SSSR count). The van der Waals surface area contributed by atoms with Crippen molar-refractivity contribution in [2.24, 2.45) is 0 Å². The summed E-state index contributed by atoms with van der Waals surface area (Å²) in [4.78, 5) is 0. The zero-order chi connectivity index (χ0) is 11.4. The van der Waals surface area contributed by atoms with E-state index in [1.165, 1.54) is 0 Å². The molecule has 0 amide bonds. The second-order valence-electron chi connectivity index (χ2n) is 3.06. The lowest BCUT2D eigenvalue weighted by Crippen LogP contribution is -2.10. The summed E-state index contributed by atoms with van der Waals surface area (Å²) in [6.07, 6.45) is 0. The van der Waals surface area contributed by atoms with Crippen LogP contribution < -0.4 is 15.0 Å². The largest absolute Gasteiger partial charge is 0.492 e. The first kappa shape index (κ1) is 12.3. The van der Waals surface area contributed by atoms with E-state index >= 15 is 0 Å². The molecular formula is C10H14BrNO3. The van der Waals surface area contributed by atoms with Crippen molar-refractivity contribution >= 4 is 15.9 Å². The Hall–Kier alpha value is -0.780. The third-order valence-electron chi connectivity index (χ3n) is 2.18. The zero-order valence-electron chi connectivity index (χ0n) is 8.93. The van der Waals surface area contributed by atoms with Crippen molar-refractivity contribution in [2.75, 3.05) is 14.2 Å². The van der Waals surface area contributed by atoms with E-state index in [1.807, 2.05) is 13.0 Å². The molecule has 0 spiro atoms. The van der Waals surface area contributed by atoms with Crippen LogP contribution in [0.2, 0.25) is 0 Å². The standard InChI is InChI=1S/C10H14BrNO3/c1-6-4-8(11)10(15-3)9(14-2)7(6)5-12-13/h4,12-13H,5H2,1-3H3. The van der Waals surface area contributed by atoms with Gasteiger partial charge in [-0.2, -0.15) is 0 Å². The van der Waals surface area contributed by atoms with E-state index in [-0.39, 0.29) is 0 Å². The van der Waals surface area contributed by atoms with Gasteiger partial charge in [0.15, 0.2) is 11.5 Å². The van der Waals surface area contributed by atoms with Gasteiger partial charge in [-0.3, -0.25) is 0 Å². The van der Waals surface area contributed by atoms with Gasteiger partial charge < -0.3 is 14.7 Å². The van der Waals surface area contributed by atoms with Gasteiger partial charge in [0.25, 0.3) is 0 Å². The molecule has 5 heteroatoms. The second kappa shape index (κ2) is 5.34. The van der Waals surface area contributed by atoms with Crippen molar-refractivity contribution in [3.05, 3.63) is 21.7 Å². The Bertz CT molecular complexity index is 355. The number of hydroxylamine groups is 1. The van der Waals surface area contributed by atoms with Crippen molar-refractivity contribution in [1.82, 2.24) is 5.48 Å². The van der Waals surface area contributed by atoms with Crippen LogP contribution in [0.1, 0.15) is 11.1 Å². The number of hydrogen-bond donors (Lipinski definition) is 2. The molecule has 0 aliphatic heterocycles. The molecule has 0 aromatic heterocycles. The van der Waals surface area contributed by atoms with Gasteiger partial charge in [-0.05, 0) is 34.5 Å². The van der Waals surface area contributed by atoms with Crippen LogP contribution >= 0.6 is 15.9 Å². The van der Waals surface area contributed by atoms with Crippen molar-refractivity contribution in [1.29, 1.82) is 0 Å². The van der Waals surface area contributed by atoms with Gasteiger partial charge in [0, 0.05) is 12.1 Å². The summed E-state index contributed by atoms with van der Waals surface area (Å²) in [7, 11) is 3.15. The normalized spacial score (nSPS) is 10.2. The molecule has 0 unspecified atom stereocenters.